The zero-order chi connectivity index (χ0) is 19.2. The van der Waals surface area contributed by atoms with E-state index in [2.05, 4.69) is 17.1 Å². The number of carbonyl (C=O) groups excluding carboxylic acids is 2. The normalized spacial score (nSPS) is 15.0. The number of aryl methyl sites for hydroxylation is 1. The Balaban J connectivity index is 1.45. The molecule has 1 saturated heterocycles. The Kier molecular flexibility index (Phi) is 6.32. The van der Waals surface area contributed by atoms with Gasteiger partial charge < -0.3 is 14.6 Å². The van der Waals surface area contributed by atoms with Crippen LogP contribution in [0.4, 0.5) is 0 Å². The minimum absolute atomic E-state index is 0.00698. The number of piperidine rings is 1. The van der Waals surface area contributed by atoms with Gasteiger partial charge in [0.05, 0.1) is 6.61 Å². The van der Waals surface area contributed by atoms with E-state index >= 15 is 0 Å². The molecule has 1 aliphatic rings. The quantitative estimate of drug-likeness (QED) is 0.749. The fraction of sp³-hybridized carbons (Fsp3) is 0.455. The largest absolute Gasteiger partial charge is 0.494 e. The number of likely N-dealkylation sites (tertiary alicyclic amines) is 1. The SMILES string of the molecule is CCOc1ccc(CCC2CCN(C(=O)c3cc(C(C)=O)c[nH]3)CC2)cc1. The lowest BCUT2D eigenvalue weighted by molar-refractivity contribution is 0.0681. The van der Waals surface area contributed by atoms with E-state index in [9.17, 15) is 9.59 Å². The number of aromatic amines is 1. The van der Waals surface area contributed by atoms with Crippen LogP contribution in [0.15, 0.2) is 36.5 Å². The highest BCUT2D eigenvalue weighted by atomic mass is 16.5. The van der Waals surface area contributed by atoms with Crippen LogP contribution in [0.1, 0.15) is 59.5 Å². The molecule has 1 aromatic heterocycles. The number of ether oxygens (including phenoxy) is 1. The first-order valence-corrected chi connectivity index (χ1v) is 9.77. The molecule has 3 rings (SSSR count). The van der Waals surface area contributed by atoms with E-state index in [0.717, 1.165) is 44.5 Å². The Bertz CT molecular complexity index is 771. The first kappa shape index (κ1) is 19.2. The molecule has 27 heavy (non-hydrogen) atoms. The Morgan fingerprint density at radius 2 is 1.89 bits per heavy atom. The van der Waals surface area contributed by atoms with Crippen LogP contribution in [-0.4, -0.2) is 41.3 Å². The fourth-order valence-electron chi connectivity index (χ4n) is 3.61. The van der Waals surface area contributed by atoms with Crippen molar-refractivity contribution >= 4 is 11.7 Å². The van der Waals surface area contributed by atoms with Gasteiger partial charge in [-0.2, -0.15) is 0 Å². The summed E-state index contributed by atoms with van der Waals surface area (Å²) in [6.45, 7) is 5.74. The molecular weight excluding hydrogens is 340 g/mol. The van der Waals surface area contributed by atoms with Crippen molar-refractivity contribution in [2.45, 2.75) is 39.5 Å². The average Bonchev–Trinajstić information content (AvgIpc) is 3.18. The second kappa shape index (κ2) is 8.89. The van der Waals surface area contributed by atoms with Crippen LogP contribution in [0.3, 0.4) is 0 Å². The highest BCUT2D eigenvalue weighted by molar-refractivity contribution is 5.99. The van der Waals surface area contributed by atoms with Crippen LogP contribution in [0.5, 0.6) is 5.75 Å². The Morgan fingerprint density at radius 1 is 1.19 bits per heavy atom. The van der Waals surface area contributed by atoms with Gasteiger partial charge in [-0.15, -0.1) is 0 Å². The van der Waals surface area contributed by atoms with Gasteiger partial charge in [0, 0.05) is 24.8 Å². The number of amides is 1. The smallest absolute Gasteiger partial charge is 0.270 e. The van der Waals surface area contributed by atoms with E-state index in [0.29, 0.717) is 23.8 Å². The van der Waals surface area contributed by atoms with E-state index in [1.54, 1.807) is 12.3 Å². The Labute approximate surface area is 160 Å². The summed E-state index contributed by atoms with van der Waals surface area (Å²) in [6, 6.07) is 10.0. The second-order valence-electron chi connectivity index (χ2n) is 7.21. The van der Waals surface area contributed by atoms with Gasteiger partial charge in [0.1, 0.15) is 11.4 Å². The summed E-state index contributed by atoms with van der Waals surface area (Å²) in [5.41, 5.74) is 2.40. The molecule has 5 heteroatoms. The van der Waals surface area contributed by atoms with Crippen molar-refractivity contribution in [3.8, 4) is 5.75 Å². The fourth-order valence-corrected chi connectivity index (χ4v) is 3.61. The van der Waals surface area contributed by atoms with Gasteiger partial charge in [0.2, 0.25) is 0 Å². The molecular formula is C22H28N2O3. The monoisotopic (exact) mass is 368 g/mol. The number of nitrogens with zero attached hydrogens (tertiary/aromatic N) is 1. The van der Waals surface area contributed by atoms with E-state index in [1.165, 1.54) is 12.5 Å². The van der Waals surface area contributed by atoms with Crippen molar-refractivity contribution in [3.05, 3.63) is 53.3 Å². The summed E-state index contributed by atoms with van der Waals surface area (Å²) in [7, 11) is 0. The van der Waals surface area contributed by atoms with E-state index in [4.69, 9.17) is 4.74 Å². The van der Waals surface area contributed by atoms with Crippen molar-refractivity contribution < 1.29 is 14.3 Å². The third-order valence-corrected chi connectivity index (χ3v) is 5.30. The summed E-state index contributed by atoms with van der Waals surface area (Å²) >= 11 is 0. The molecule has 0 spiro atoms. The standard InChI is InChI=1S/C22H28N2O3/c1-3-27-20-8-6-17(7-9-20)4-5-18-10-12-24(13-11-18)22(26)21-14-19(15-23-21)16(2)25/h6-9,14-15,18,23H,3-5,10-13H2,1-2H3. The van der Waals surface area contributed by atoms with Gasteiger partial charge >= 0.3 is 0 Å². The highest BCUT2D eigenvalue weighted by Gasteiger charge is 2.24. The number of H-pyrrole nitrogens is 1. The molecule has 0 radical (unpaired) electrons. The number of hydrogen-bond donors (Lipinski definition) is 1. The lowest BCUT2D eigenvalue weighted by Gasteiger charge is -2.31. The molecule has 0 unspecified atom stereocenters. The van der Waals surface area contributed by atoms with Crippen molar-refractivity contribution in [1.29, 1.82) is 0 Å². The summed E-state index contributed by atoms with van der Waals surface area (Å²) in [5, 5.41) is 0. The summed E-state index contributed by atoms with van der Waals surface area (Å²) in [6.07, 6.45) is 5.88. The van der Waals surface area contributed by atoms with Crippen molar-refractivity contribution in [1.82, 2.24) is 9.88 Å². The predicted molar refractivity (Wildman–Crippen MR) is 105 cm³/mol. The summed E-state index contributed by atoms with van der Waals surface area (Å²) < 4.78 is 5.48. The molecule has 5 nitrogen and oxygen atoms in total. The van der Waals surface area contributed by atoms with Gasteiger partial charge in [-0.05, 0) is 69.2 Å². The average molecular weight is 368 g/mol. The van der Waals surface area contributed by atoms with E-state index in [1.807, 2.05) is 24.0 Å². The van der Waals surface area contributed by atoms with Gasteiger partial charge in [-0.1, -0.05) is 12.1 Å². The Hall–Kier alpha value is -2.56. The predicted octanol–water partition coefficient (Wildman–Crippen LogP) is 4.10. The van der Waals surface area contributed by atoms with E-state index < -0.39 is 0 Å². The minimum Gasteiger partial charge on any atom is -0.494 e. The number of Topliss-reactive ketones (excluding diaryl/α,β-unsaturated/α-hetero) is 1. The summed E-state index contributed by atoms with van der Waals surface area (Å²) in [5.74, 6) is 1.54. The van der Waals surface area contributed by atoms with Crippen LogP contribution in [0.2, 0.25) is 0 Å². The van der Waals surface area contributed by atoms with E-state index in [-0.39, 0.29) is 11.7 Å². The third-order valence-electron chi connectivity index (χ3n) is 5.30. The van der Waals surface area contributed by atoms with Crippen LogP contribution in [0.25, 0.3) is 0 Å². The maximum absolute atomic E-state index is 12.6. The van der Waals surface area contributed by atoms with Gasteiger partial charge in [0.25, 0.3) is 5.91 Å². The summed E-state index contributed by atoms with van der Waals surface area (Å²) in [4.78, 5) is 28.8. The third kappa shape index (κ3) is 5.00. The zero-order valence-corrected chi connectivity index (χ0v) is 16.2. The molecule has 2 aromatic rings. The number of benzene rings is 1. The maximum atomic E-state index is 12.6. The number of carbonyl (C=O) groups is 2. The van der Waals surface area contributed by atoms with Crippen LogP contribution in [-0.2, 0) is 6.42 Å². The van der Waals surface area contributed by atoms with Crippen LogP contribution in [0, 0.1) is 5.92 Å². The number of rotatable bonds is 7. The van der Waals surface area contributed by atoms with Crippen LogP contribution >= 0.6 is 0 Å². The number of hydrogen-bond acceptors (Lipinski definition) is 3. The molecule has 1 amide bonds. The molecule has 1 fully saturated rings. The maximum Gasteiger partial charge on any atom is 0.270 e. The molecule has 0 bridgehead atoms. The molecule has 1 aliphatic heterocycles. The van der Waals surface area contributed by atoms with Crippen molar-refractivity contribution in [2.24, 2.45) is 5.92 Å². The van der Waals surface area contributed by atoms with Gasteiger partial charge in [0.15, 0.2) is 5.78 Å². The molecule has 0 saturated carbocycles. The highest BCUT2D eigenvalue weighted by Crippen LogP contribution is 2.24. The van der Waals surface area contributed by atoms with Crippen molar-refractivity contribution in [3.63, 3.8) is 0 Å². The Morgan fingerprint density at radius 3 is 2.48 bits per heavy atom. The molecule has 1 N–H and O–H groups in total. The first-order valence-electron chi connectivity index (χ1n) is 9.77. The van der Waals surface area contributed by atoms with Crippen LogP contribution < -0.4 is 4.74 Å². The number of ketones is 1. The lowest BCUT2D eigenvalue weighted by atomic mass is 9.90. The van der Waals surface area contributed by atoms with Crippen molar-refractivity contribution in [2.75, 3.05) is 19.7 Å². The molecule has 144 valence electrons. The zero-order valence-electron chi connectivity index (χ0n) is 16.2. The van der Waals surface area contributed by atoms with Gasteiger partial charge in [-0.3, -0.25) is 9.59 Å². The molecule has 0 aliphatic carbocycles. The second-order valence-corrected chi connectivity index (χ2v) is 7.21. The number of nitrogens with one attached hydrogen (secondary N) is 1. The topological polar surface area (TPSA) is 62.4 Å². The molecule has 1 aromatic carbocycles. The van der Waals surface area contributed by atoms with Gasteiger partial charge in [-0.25, -0.2) is 0 Å². The molecule has 0 atom stereocenters. The first-order chi connectivity index (χ1) is 13.1. The number of aromatic nitrogens is 1. The molecule has 2 heterocycles. The minimum atomic E-state index is -0.0294. The lowest BCUT2D eigenvalue weighted by Crippen LogP contribution is -2.38.